The lowest BCUT2D eigenvalue weighted by Crippen LogP contribution is -2.70. The van der Waals surface area contributed by atoms with E-state index in [1.807, 2.05) is 0 Å². The summed E-state index contributed by atoms with van der Waals surface area (Å²) in [4.78, 5) is 1.59. The smallest absolute Gasteiger partial charge is 0.360 e. The van der Waals surface area contributed by atoms with Gasteiger partial charge in [-0.15, -0.1) is 0 Å². The summed E-state index contributed by atoms with van der Waals surface area (Å²) in [5, 5.41) is 12.0. The van der Waals surface area contributed by atoms with Crippen molar-refractivity contribution in [3.8, 4) is 5.75 Å². The first kappa shape index (κ1) is 34.5. The normalized spacial score (nSPS) is 14.4. The first-order valence-electron chi connectivity index (χ1n) is 13.3. The van der Waals surface area contributed by atoms with E-state index < -0.39 is 26.2 Å². The average Bonchev–Trinajstić information content (AvgIpc) is 2.83. The topological polar surface area (TPSA) is 123 Å². The summed E-state index contributed by atoms with van der Waals surface area (Å²) in [6.45, 7) is 17.8. The van der Waals surface area contributed by atoms with Crippen LogP contribution in [0.2, 0.25) is 19.6 Å². The molecule has 0 aliphatic carbocycles. The summed E-state index contributed by atoms with van der Waals surface area (Å²) in [7, 11) is -0.274. The quantitative estimate of drug-likeness (QED) is 0.136. The minimum atomic E-state index is -2.46. The Bertz CT molecular complexity index is 801. The zero-order chi connectivity index (χ0) is 29.0. The van der Waals surface area contributed by atoms with Gasteiger partial charge in [-0.2, -0.15) is 0 Å². The lowest BCUT2D eigenvalue weighted by Gasteiger charge is -2.49. The number of nitrogens with two attached hydrogens (primary N) is 1. The first-order valence-corrected chi connectivity index (χ1v) is 16.8. The summed E-state index contributed by atoms with van der Waals surface area (Å²) < 4.78 is 47.7. The molecule has 3 N–H and O–H groups in total. The molecule has 1 rings (SSSR count). The van der Waals surface area contributed by atoms with Gasteiger partial charge in [0, 0.05) is 58.4 Å². The number of likely N-dealkylation sites (N-methyl/N-ethyl adjacent to an activating group) is 1. The summed E-state index contributed by atoms with van der Waals surface area (Å²) in [5.74, 6) is -5.47. The van der Waals surface area contributed by atoms with Gasteiger partial charge in [0.15, 0.2) is 0 Å². The van der Waals surface area contributed by atoms with Crippen molar-refractivity contribution in [2.45, 2.75) is 79.0 Å². The van der Waals surface area contributed by atoms with Crippen LogP contribution in [0.15, 0.2) is 18.2 Å². The Labute approximate surface area is 229 Å². The second-order valence-corrected chi connectivity index (χ2v) is 13.7. The van der Waals surface area contributed by atoms with Crippen LogP contribution >= 0.6 is 0 Å². The van der Waals surface area contributed by atoms with Crippen LogP contribution in [0.5, 0.6) is 5.75 Å². The van der Waals surface area contributed by atoms with E-state index in [0.29, 0.717) is 17.1 Å². The standard InChI is InChI=1S/C26H50N2O9Si/c1-11-30-24(31-12-2,32-13-3)20-36-26(29,35-16-6)25(33-14-4,34-15-5)28(7)21-17-18-22(27)23(19-21)37-38(8,9)10/h17-19,29H,11-16,20,27H2,1-10H3. The molecule has 222 valence electrons. The minimum Gasteiger partial charge on any atom is -0.543 e. The van der Waals surface area contributed by atoms with Crippen LogP contribution in [0.3, 0.4) is 0 Å². The second kappa shape index (κ2) is 15.3. The van der Waals surface area contributed by atoms with Crippen molar-refractivity contribution in [2.75, 3.05) is 63.9 Å². The molecule has 1 unspecified atom stereocenters. The Morgan fingerprint density at radius 2 is 1.24 bits per heavy atom. The van der Waals surface area contributed by atoms with Gasteiger partial charge in [0.05, 0.1) is 5.69 Å². The van der Waals surface area contributed by atoms with Gasteiger partial charge in [0.2, 0.25) is 8.32 Å². The number of nitrogen functional groups attached to an aromatic ring is 1. The van der Waals surface area contributed by atoms with Gasteiger partial charge in [-0.25, -0.2) is 0 Å². The zero-order valence-electron chi connectivity index (χ0n) is 24.9. The SMILES string of the molecule is CCOC(COC(O)(OCC)C(OCC)(OCC)N(C)c1ccc(N)c(O[Si](C)(C)C)c1)(OCC)OCC. The number of ether oxygens (including phenoxy) is 7. The molecule has 0 aromatic heterocycles. The van der Waals surface area contributed by atoms with Crippen molar-refractivity contribution in [1.29, 1.82) is 0 Å². The molecule has 0 saturated carbocycles. The van der Waals surface area contributed by atoms with E-state index >= 15 is 0 Å². The molecule has 0 amide bonds. The Morgan fingerprint density at radius 1 is 0.763 bits per heavy atom. The van der Waals surface area contributed by atoms with E-state index in [1.54, 1.807) is 71.7 Å². The average molecular weight is 563 g/mol. The zero-order valence-corrected chi connectivity index (χ0v) is 25.9. The molecular formula is C26H50N2O9Si. The van der Waals surface area contributed by atoms with Crippen molar-refractivity contribution in [2.24, 2.45) is 0 Å². The number of hydrogen-bond donors (Lipinski definition) is 2. The molecule has 12 heteroatoms. The van der Waals surface area contributed by atoms with Gasteiger partial charge < -0.3 is 53.3 Å². The fourth-order valence-electron chi connectivity index (χ4n) is 3.86. The Hall–Kier alpha value is -1.48. The van der Waals surface area contributed by atoms with E-state index in [2.05, 4.69) is 19.6 Å². The largest absolute Gasteiger partial charge is 0.543 e. The monoisotopic (exact) mass is 562 g/mol. The summed E-state index contributed by atoms with van der Waals surface area (Å²) >= 11 is 0. The molecule has 0 bridgehead atoms. The summed E-state index contributed by atoms with van der Waals surface area (Å²) in [5.41, 5.74) is 7.29. The number of rotatable bonds is 20. The minimum absolute atomic E-state index is 0.0723. The van der Waals surface area contributed by atoms with Crippen LogP contribution in [-0.4, -0.2) is 84.6 Å². The molecule has 0 aliphatic heterocycles. The van der Waals surface area contributed by atoms with Gasteiger partial charge in [0.1, 0.15) is 12.4 Å². The van der Waals surface area contributed by atoms with E-state index in [4.69, 9.17) is 43.3 Å². The highest BCUT2D eigenvalue weighted by Crippen LogP contribution is 2.40. The van der Waals surface area contributed by atoms with E-state index in [9.17, 15) is 5.11 Å². The van der Waals surface area contributed by atoms with Gasteiger partial charge in [-0.3, -0.25) is 0 Å². The van der Waals surface area contributed by atoms with E-state index in [-0.39, 0.29) is 46.2 Å². The summed E-state index contributed by atoms with van der Waals surface area (Å²) in [6.07, 6.45) is 0. The molecule has 38 heavy (non-hydrogen) atoms. The highest BCUT2D eigenvalue weighted by atomic mass is 28.4. The molecule has 1 aromatic rings. The molecule has 0 radical (unpaired) electrons. The van der Waals surface area contributed by atoms with Gasteiger partial charge in [-0.1, -0.05) is 0 Å². The summed E-state index contributed by atoms with van der Waals surface area (Å²) in [6, 6.07) is 5.28. The van der Waals surface area contributed by atoms with Crippen LogP contribution in [0.4, 0.5) is 11.4 Å². The molecular weight excluding hydrogens is 512 g/mol. The second-order valence-electron chi connectivity index (χ2n) is 9.23. The fraction of sp³-hybridized carbons (Fsp3) is 0.769. The molecule has 1 atom stereocenters. The van der Waals surface area contributed by atoms with Crippen molar-refractivity contribution in [1.82, 2.24) is 0 Å². The van der Waals surface area contributed by atoms with Crippen LogP contribution in [0.1, 0.15) is 41.5 Å². The number of benzene rings is 1. The van der Waals surface area contributed by atoms with Gasteiger partial charge in [-0.05, 0) is 73.3 Å². The van der Waals surface area contributed by atoms with Crippen molar-refractivity contribution in [3.05, 3.63) is 18.2 Å². The van der Waals surface area contributed by atoms with E-state index in [1.165, 1.54) is 0 Å². The third-order valence-electron chi connectivity index (χ3n) is 5.20. The lowest BCUT2D eigenvalue weighted by molar-refractivity contribution is -0.505. The number of anilines is 2. The molecule has 0 aliphatic rings. The molecule has 0 spiro atoms. The van der Waals surface area contributed by atoms with Crippen LogP contribution < -0.4 is 15.1 Å². The van der Waals surface area contributed by atoms with Gasteiger partial charge in [0.25, 0.3) is 0 Å². The predicted molar refractivity (Wildman–Crippen MR) is 149 cm³/mol. The van der Waals surface area contributed by atoms with Crippen molar-refractivity contribution >= 4 is 19.7 Å². The Balaban J connectivity index is 3.65. The molecule has 0 heterocycles. The first-order chi connectivity index (χ1) is 17.8. The Kier molecular flexibility index (Phi) is 13.9. The molecule has 1 aromatic carbocycles. The third kappa shape index (κ3) is 8.76. The maximum absolute atomic E-state index is 12.0. The van der Waals surface area contributed by atoms with Crippen molar-refractivity contribution < 1.29 is 42.7 Å². The van der Waals surface area contributed by atoms with E-state index in [0.717, 1.165) is 0 Å². The fourth-order valence-corrected chi connectivity index (χ4v) is 4.69. The molecule has 0 saturated heterocycles. The van der Waals surface area contributed by atoms with Crippen LogP contribution in [0.25, 0.3) is 0 Å². The number of aliphatic hydroxyl groups is 1. The number of nitrogens with zero attached hydrogens (tertiary/aromatic N) is 1. The van der Waals surface area contributed by atoms with Crippen molar-refractivity contribution in [3.63, 3.8) is 0 Å². The lowest BCUT2D eigenvalue weighted by atomic mass is 10.2. The third-order valence-corrected chi connectivity index (χ3v) is 6.03. The maximum Gasteiger partial charge on any atom is 0.360 e. The van der Waals surface area contributed by atoms with Gasteiger partial charge >= 0.3 is 17.9 Å². The van der Waals surface area contributed by atoms with Crippen LogP contribution in [-0.2, 0) is 33.2 Å². The maximum atomic E-state index is 12.0. The molecule has 11 nitrogen and oxygen atoms in total. The highest BCUT2D eigenvalue weighted by Gasteiger charge is 2.61. The molecule has 0 fully saturated rings. The predicted octanol–water partition coefficient (Wildman–Crippen LogP) is 4.11. The number of hydrogen-bond acceptors (Lipinski definition) is 11. The van der Waals surface area contributed by atoms with Crippen LogP contribution in [0, 0.1) is 0 Å². The highest BCUT2D eigenvalue weighted by molar-refractivity contribution is 6.70. The Morgan fingerprint density at radius 3 is 1.66 bits per heavy atom.